The van der Waals surface area contributed by atoms with Crippen LogP contribution in [-0.4, -0.2) is 35.0 Å². The van der Waals surface area contributed by atoms with Gasteiger partial charge in [-0.3, -0.25) is 4.79 Å². The molecule has 3 aromatic rings. The Morgan fingerprint density at radius 2 is 2.00 bits per heavy atom. The van der Waals surface area contributed by atoms with Crippen LogP contribution in [0.1, 0.15) is 23.0 Å². The van der Waals surface area contributed by atoms with Crippen LogP contribution in [0.2, 0.25) is 0 Å². The Morgan fingerprint density at radius 3 is 2.75 bits per heavy atom. The van der Waals surface area contributed by atoms with E-state index in [1.165, 1.54) is 12.1 Å². The molecule has 1 aromatic heterocycles. The van der Waals surface area contributed by atoms with Crippen molar-refractivity contribution in [1.82, 2.24) is 20.7 Å². The second-order valence-electron chi connectivity index (χ2n) is 5.73. The first-order chi connectivity index (χ1) is 13.6. The zero-order valence-corrected chi connectivity index (χ0v) is 15.5. The first-order valence-electron chi connectivity index (χ1n) is 8.62. The van der Waals surface area contributed by atoms with Crippen molar-refractivity contribution in [3.05, 3.63) is 59.5 Å². The lowest BCUT2D eigenvalue weighted by Gasteiger charge is -2.11. The molecule has 0 aliphatic carbocycles. The van der Waals surface area contributed by atoms with Crippen molar-refractivity contribution >= 4 is 17.4 Å². The van der Waals surface area contributed by atoms with Crippen molar-refractivity contribution in [3.63, 3.8) is 0 Å². The fraction of sp³-hybridized carbons (Fsp3) is 0.211. The molecule has 0 saturated carbocycles. The number of nitrogens with one attached hydrogen (secondary N) is 3. The average molecular weight is 385 g/mol. The normalized spacial score (nSPS) is 10.4. The number of carbonyl (C=O) groups is 1. The molecule has 3 N–H and O–H groups in total. The predicted octanol–water partition coefficient (Wildman–Crippen LogP) is 3.02. The molecular weight excluding hydrogens is 365 g/mol. The van der Waals surface area contributed by atoms with Crippen LogP contribution >= 0.6 is 0 Å². The summed E-state index contributed by atoms with van der Waals surface area (Å²) in [7, 11) is 1.56. The summed E-state index contributed by atoms with van der Waals surface area (Å²) in [6.45, 7) is 2.62. The number of ether oxygens (including phenoxy) is 2. The number of aromatic nitrogens is 3. The van der Waals surface area contributed by atoms with Crippen LogP contribution in [0.5, 0.6) is 11.5 Å². The van der Waals surface area contributed by atoms with Gasteiger partial charge in [0, 0.05) is 6.54 Å². The molecule has 0 atom stereocenters. The average Bonchev–Trinajstić information content (AvgIpc) is 3.16. The highest BCUT2D eigenvalue weighted by Crippen LogP contribution is 2.28. The zero-order valence-electron chi connectivity index (χ0n) is 15.5. The van der Waals surface area contributed by atoms with Crippen molar-refractivity contribution in [2.75, 3.05) is 19.0 Å². The summed E-state index contributed by atoms with van der Waals surface area (Å²) in [4.78, 5) is 12.5. The van der Waals surface area contributed by atoms with Gasteiger partial charge in [-0.25, -0.2) is 4.39 Å². The maximum absolute atomic E-state index is 13.8. The number of halogens is 1. The van der Waals surface area contributed by atoms with Crippen LogP contribution in [0.15, 0.2) is 42.5 Å². The number of hydrogen-bond donors (Lipinski definition) is 3. The number of anilines is 2. The van der Waals surface area contributed by atoms with Crippen LogP contribution < -0.4 is 20.1 Å². The number of H-pyrrole nitrogens is 1. The van der Waals surface area contributed by atoms with E-state index in [2.05, 4.69) is 26.0 Å². The number of methoxy groups -OCH3 is 1. The second-order valence-corrected chi connectivity index (χ2v) is 5.73. The topological polar surface area (TPSA) is 101 Å². The minimum Gasteiger partial charge on any atom is -0.493 e. The largest absolute Gasteiger partial charge is 0.493 e. The molecule has 3 rings (SSSR count). The van der Waals surface area contributed by atoms with Crippen molar-refractivity contribution in [3.8, 4) is 11.5 Å². The summed E-state index contributed by atoms with van der Waals surface area (Å²) in [5.74, 6) is 0.428. The number of para-hydroxylation sites is 1. The van der Waals surface area contributed by atoms with E-state index in [4.69, 9.17) is 9.47 Å². The third kappa shape index (κ3) is 4.37. The van der Waals surface area contributed by atoms with Crippen LogP contribution in [-0.2, 0) is 6.54 Å². The van der Waals surface area contributed by atoms with Crippen molar-refractivity contribution in [1.29, 1.82) is 0 Å². The van der Waals surface area contributed by atoms with Crippen molar-refractivity contribution in [2.45, 2.75) is 13.5 Å². The number of amides is 1. The molecule has 2 aromatic carbocycles. The first kappa shape index (κ1) is 19.2. The monoisotopic (exact) mass is 385 g/mol. The SMILES string of the molecule is CCOc1cc(CNC(=O)c2n[nH]nc2Nc2ccccc2F)ccc1OC. The minimum absolute atomic E-state index is 0.0294. The van der Waals surface area contributed by atoms with E-state index < -0.39 is 11.7 Å². The van der Waals surface area contributed by atoms with Gasteiger partial charge in [-0.05, 0) is 36.8 Å². The van der Waals surface area contributed by atoms with Crippen molar-refractivity contribution < 1.29 is 18.7 Å². The Labute approximate surface area is 161 Å². The van der Waals surface area contributed by atoms with Gasteiger partial charge in [-0.15, -0.1) is 10.2 Å². The van der Waals surface area contributed by atoms with E-state index in [1.54, 1.807) is 31.4 Å². The standard InChI is InChI=1S/C19H20FN5O3/c1-3-28-16-10-12(8-9-15(16)27-2)11-21-19(26)17-18(24-25-23-17)22-14-7-5-4-6-13(14)20/h4-10H,3,11H2,1-2H3,(H,21,26)(H2,22,23,24,25). The summed E-state index contributed by atoms with van der Waals surface area (Å²) >= 11 is 0. The maximum atomic E-state index is 13.8. The van der Waals surface area contributed by atoms with Gasteiger partial charge in [-0.2, -0.15) is 5.21 Å². The van der Waals surface area contributed by atoms with Gasteiger partial charge >= 0.3 is 0 Å². The van der Waals surface area contributed by atoms with E-state index in [0.717, 1.165) is 5.56 Å². The molecule has 0 unspecified atom stereocenters. The van der Waals surface area contributed by atoms with Crippen LogP contribution in [0.4, 0.5) is 15.9 Å². The van der Waals surface area contributed by atoms with Crippen LogP contribution in [0, 0.1) is 5.82 Å². The molecule has 0 aliphatic rings. The number of nitrogens with zero attached hydrogens (tertiary/aromatic N) is 2. The number of hydrogen-bond acceptors (Lipinski definition) is 6. The van der Waals surface area contributed by atoms with E-state index in [9.17, 15) is 9.18 Å². The Kier molecular flexibility index (Phi) is 6.05. The quantitative estimate of drug-likeness (QED) is 0.551. The summed E-state index contributed by atoms with van der Waals surface area (Å²) in [6, 6.07) is 11.5. The summed E-state index contributed by atoms with van der Waals surface area (Å²) in [5, 5.41) is 15.6. The van der Waals surface area contributed by atoms with E-state index in [-0.39, 0.29) is 23.7 Å². The smallest absolute Gasteiger partial charge is 0.275 e. The lowest BCUT2D eigenvalue weighted by Crippen LogP contribution is -2.24. The Morgan fingerprint density at radius 1 is 1.18 bits per heavy atom. The fourth-order valence-electron chi connectivity index (χ4n) is 2.53. The molecule has 0 aliphatic heterocycles. The first-order valence-corrected chi connectivity index (χ1v) is 8.62. The lowest BCUT2D eigenvalue weighted by atomic mass is 10.2. The molecule has 1 heterocycles. The zero-order chi connectivity index (χ0) is 19.9. The highest BCUT2D eigenvalue weighted by atomic mass is 19.1. The van der Waals surface area contributed by atoms with Gasteiger partial charge < -0.3 is 20.1 Å². The molecule has 0 spiro atoms. The third-order valence-corrected chi connectivity index (χ3v) is 3.87. The van der Waals surface area contributed by atoms with Gasteiger partial charge in [0.2, 0.25) is 0 Å². The van der Waals surface area contributed by atoms with Crippen LogP contribution in [0.25, 0.3) is 0 Å². The predicted molar refractivity (Wildman–Crippen MR) is 101 cm³/mol. The number of rotatable bonds is 8. The fourth-order valence-corrected chi connectivity index (χ4v) is 2.53. The highest BCUT2D eigenvalue weighted by Gasteiger charge is 2.17. The molecule has 0 fully saturated rings. The molecule has 0 saturated heterocycles. The van der Waals surface area contributed by atoms with E-state index >= 15 is 0 Å². The Balaban J connectivity index is 1.69. The maximum Gasteiger partial charge on any atom is 0.275 e. The van der Waals surface area contributed by atoms with Crippen molar-refractivity contribution in [2.24, 2.45) is 0 Å². The summed E-state index contributed by atoms with van der Waals surface area (Å²) in [6.07, 6.45) is 0. The number of benzene rings is 2. The Bertz CT molecular complexity index is 960. The summed E-state index contributed by atoms with van der Waals surface area (Å²) < 4.78 is 24.6. The molecular formula is C19H20FN5O3. The lowest BCUT2D eigenvalue weighted by molar-refractivity contribution is 0.0946. The number of carbonyl (C=O) groups excluding carboxylic acids is 1. The number of aromatic amines is 1. The Hall–Kier alpha value is -3.62. The minimum atomic E-state index is -0.460. The van der Waals surface area contributed by atoms with E-state index in [1.807, 2.05) is 13.0 Å². The molecule has 1 amide bonds. The van der Waals surface area contributed by atoms with E-state index in [0.29, 0.717) is 18.1 Å². The van der Waals surface area contributed by atoms with Gasteiger partial charge in [0.25, 0.3) is 5.91 Å². The van der Waals surface area contributed by atoms with Gasteiger partial charge in [0.05, 0.1) is 19.4 Å². The molecule has 8 nitrogen and oxygen atoms in total. The van der Waals surface area contributed by atoms with Gasteiger partial charge in [-0.1, -0.05) is 18.2 Å². The molecule has 9 heteroatoms. The van der Waals surface area contributed by atoms with Gasteiger partial charge in [0.1, 0.15) is 5.82 Å². The third-order valence-electron chi connectivity index (χ3n) is 3.87. The molecule has 146 valence electrons. The van der Waals surface area contributed by atoms with Gasteiger partial charge in [0.15, 0.2) is 23.0 Å². The summed E-state index contributed by atoms with van der Waals surface area (Å²) in [5.41, 5.74) is 1.05. The van der Waals surface area contributed by atoms with Crippen LogP contribution in [0.3, 0.4) is 0 Å². The highest BCUT2D eigenvalue weighted by molar-refractivity contribution is 5.97. The molecule has 28 heavy (non-hydrogen) atoms. The second kappa shape index (κ2) is 8.85. The molecule has 0 bridgehead atoms. The molecule has 0 radical (unpaired) electrons.